The summed E-state index contributed by atoms with van der Waals surface area (Å²) in [5.41, 5.74) is 0.0904. The maximum absolute atomic E-state index is 12.5. The van der Waals surface area contributed by atoms with E-state index in [2.05, 4.69) is 17.2 Å². The van der Waals surface area contributed by atoms with Gasteiger partial charge in [0, 0.05) is 25.8 Å². The Hall–Kier alpha value is -2.02. The number of urea groups is 1. The number of benzene rings is 1. The molecule has 21 heavy (non-hydrogen) atoms. The zero-order valence-corrected chi connectivity index (χ0v) is 11.6. The van der Waals surface area contributed by atoms with Crippen molar-refractivity contribution < 1.29 is 22.7 Å². The van der Waals surface area contributed by atoms with E-state index in [-0.39, 0.29) is 6.54 Å². The Bertz CT molecular complexity index is 501. The van der Waals surface area contributed by atoms with Gasteiger partial charge in [-0.2, -0.15) is 13.2 Å². The zero-order valence-electron chi connectivity index (χ0n) is 11.6. The first-order chi connectivity index (χ1) is 9.82. The summed E-state index contributed by atoms with van der Waals surface area (Å²) in [4.78, 5) is 11.5. The Kier molecular flexibility index (Phi) is 6.23. The van der Waals surface area contributed by atoms with Crippen LogP contribution in [-0.4, -0.2) is 19.7 Å². The van der Waals surface area contributed by atoms with Gasteiger partial charge in [-0.3, -0.25) is 0 Å². The molecular formula is C14H17F3N2O2. The number of nitrogens with one attached hydrogen (secondary N) is 2. The Morgan fingerprint density at radius 3 is 2.71 bits per heavy atom. The minimum absolute atomic E-state index is 0.00664. The second-order valence-electron chi connectivity index (χ2n) is 4.35. The molecule has 0 radical (unpaired) electrons. The van der Waals surface area contributed by atoms with Crippen LogP contribution < -0.4 is 10.6 Å². The molecule has 0 saturated carbocycles. The molecule has 0 heterocycles. The number of hydrogen-bond acceptors (Lipinski definition) is 2. The lowest BCUT2D eigenvalue weighted by atomic mass is 10.1. The van der Waals surface area contributed by atoms with Crippen LogP contribution in [-0.2, 0) is 17.5 Å². The van der Waals surface area contributed by atoms with Crippen LogP contribution in [0.2, 0.25) is 0 Å². The molecule has 2 N–H and O–H groups in total. The summed E-state index contributed by atoms with van der Waals surface area (Å²) in [6, 6.07) is 4.27. The Morgan fingerprint density at radius 1 is 1.38 bits per heavy atom. The van der Waals surface area contributed by atoms with Gasteiger partial charge < -0.3 is 15.4 Å². The molecule has 0 aromatic heterocycles. The first-order valence-electron chi connectivity index (χ1n) is 6.20. The first kappa shape index (κ1) is 17.0. The molecule has 0 aliphatic rings. The number of alkyl halides is 3. The monoisotopic (exact) mass is 302 g/mol. The lowest BCUT2D eigenvalue weighted by Crippen LogP contribution is -2.34. The third kappa shape index (κ3) is 6.31. The van der Waals surface area contributed by atoms with Crippen LogP contribution in [0, 0.1) is 0 Å². The quantitative estimate of drug-likeness (QED) is 0.848. The van der Waals surface area contributed by atoms with E-state index in [4.69, 9.17) is 4.74 Å². The van der Waals surface area contributed by atoms with Gasteiger partial charge in [-0.1, -0.05) is 18.7 Å². The van der Waals surface area contributed by atoms with E-state index in [0.717, 1.165) is 12.1 Å². The summed E-state index contributed by atoms with van der Waals surface area (Å²) in [6.07, 6.45) is -3.93. The molecule has 1 aromatic rings. The molecule has 0 saturated heterocycles. The van der Waals surface area contributed by atoms with Crippen molar-refractivity contribution in [3.05, 3.63) is 47.7 Å². The van der Waals surface area contributed by atoms with Crippen LogP contribution in [0.4, 0.5) is 18.0 Å². The largest absolute Gasteiger partial charge is 0.416 e. The van der Waals surface area contributed by atoms with E-state index in [0.29, 0.717) is 24.3 Å². The van der Waals surface area contributed by atoms with Gasteiger partial charge in [-0.25, -0.2) is 4.79 Å². The van der Waals surface area contributed by atoms with Crippen LogP contribution in [0.3, 0.4) is 0 Å². The summed E-state index contributed by atoms with van der Waals surface area (Å²) in [7, 11) is 1.53. The fourth-order valence-corrected chi connectivity index (χ4v) is 1.53. The van der Waals surface area contributed by atoms with Gasteiger partial charge in [0.25, 0.3) is 0 Å². The van der Waals surface area contributed by atoms with Gasteiger partial charge in [0.2, 0.25) is 0 Å². The van der Waals surface area contributed by atoms with Crippen LogP contribution in [0.25, 0.3) is 0 Å². The second kappa shape index (κ2) is 7.68. The number of hydrogen-bond donors (Lipinski definition) is 2. The van der Waals surface area contributed by atoms with Crippen molar-refractivity contribution >= 4 is 6.03 Å². The van der Waals surface area contributed by atoms with Crippen molar-refractivity contribution in [3.8, 4) is 0 Å². The molecule has 1 rings (SSSR count). The number of ether oxygens (including phenoxy) is 1. The highest BCUT2D eigenvalue weighted by Gasteiger charge is 2.30. The molecule has 2 amide bonds. The summed E-state index contributed by atoms with van der Waals surface area (Å²) < 4.78 is 42.4. The maximum Gasteiger partial charge on any atom is 0.416 e. The van der Waals surface area contributed by atoms with Crippen molar-refractivity contribution in [1.82, 2.24) is 10.6 Å². The van der Waals surface area contributed by atoms with E-state index in [1.165, 1.54) is 19.2 Å². The number of rotatable bonds is 6. The van der Waals surface area contributed by atoms with Crippen LogP contribution in [0.1, 0.15) is 17.5 Å². The predicted molar refractivity (Wildman–Crippen MR) is 72.4 cm³/mol. The minimum atomic E-state index is -4.40. The highest BCUT2D eigenvalue weighted by Crippen LogP contribution is 2.29. The standard InChI is InChI=1S/C14H17F3N2O2/c1-10(6-7-21-2)19-13(20)18-9-11-4-3-5-12(8-11)14(15,16)17/h3-5,8H,1,6-7,9H2,2H3,(H2,18,19,20). The maximum atomic E-state index is 12.5. The number of halogens is 3. The van der Waals surface area contributed by atoms with Gasteiger partial charge in [-0.15, -0.1) is 0 Å². The molecule has 0 fully saturated rings. The van der Waals surface area contributed by atoms with Crippen molar-refractivity contribution in [2.45, 2.75) is 19.1 Å². The van der Waals surface area contributed by atoms with Gasteiger partial charge in [0.1, 0.15) is 0 Å². The topological polar surface area (TPSA) is 50.4 Å². The summed E-state index contributed by atoms with van der Waals surface area (Å²) in [6.45, 7) is 4.05. The third-order valence-electron chi connectivity index (χ3n) is 2.61. The van der Waals surface area contributed by atoms with Crippen molar-refractivity contribution in [2.75, 3.05) is 13.7 Å². The van der Waals surface area contributed by atoms with E-state index >= 15 is 0 Å². The van der Waals surface area contributed by atoms with Crippen LogP contribution in [0.5, 0.6) is 0 Å². The fraction of sp³-hybridized carbons (Fsp3) is 0.357. The van der Waals surface area contributed by atoms with E-state index in [9.17, 15) is 18.0 Å². The molecular weight excluding hydrogens is 285 g/mol. The highest BCUT2D eigenvalue weighted by molar-refractivity contribution is 5.75. The van der Waals surface area contributed by atoms with E-state index in [1.54, 1.807) is 0 Å². The van der Waals surface area contributed by atoms with Crippen molar-refractivity contribution in [3.63, 3.8) is 0 Å². The average molecular weight is 302 g/mol. The number of carbonyl (C=O) groups excluding carboxylic acids is 1. The predicted octanol–water partition coefficient (Wildman–Crippen LogP) is 3.05. The number of amides is 2. The van der Waals surface area contributed by atoms with E-state index < -0.39 is 17.8 Å². The van der Waals surface area contributed by atoms with Gasteiger partial charge in [0.15, 0.2) is 0 Å². The molecule has 0 unspecified atom stereocenters. The van der Waals surface area contributed by atoms with Crippen LogP contribution >= 0.6 is 0 Å². The van der Waals surface area contributed by atoms with Crippen molar-refractivity contribution in [2.24, 2.45) is 0 Å². The van der Waals surface area contributed by atoms with Crippen molar-refractivity contribution in [1.29, 1.82) is 0 Å². The molecule has 0 spiro atoms. The SMILES string of the molecule is C=C(CCOC)NC(=O)NCc1cccc(C(F)(F)F)c1. The summed E-state index contributed by atoms with van der Waals surface area (Å²) in [5.74, 6) is 0. The third-order valence-corrected chi connectivity index (χ3v) is 2.61. The van der Waals surface area contributed by atoms with Crippen LogP contribution in [0.15, 0.2) is 36.5 Å². The Morgan fingerprint density at radius 2 is 2.10 bits per heavy atom. The molecule has 1 aromatic carbocycles. The lowest BCUT2D eigenvalue weighted by molar-refractivity contribution is -0.137. The Labute approximate surface area is 121 Å². The van der Waals surface area contributed by atoms with E-state index in [1.807, 2.05) is 0 Å². The van der Waals surface area contributed by atoms with Gasteiger partial charge in [0.05, 0.1) is 12.2 Å². The molecule has 7 heteroatoms. The molecule has 0 bridgehead atoms. The second-order valence-corrected chi connectivity index (χ2v) is 4.35. The average Bonchev–Trinajstić information content (AvgIpc) is 2.42. The smallest absolute Gasteiger partial charge is 0.384 e. The van der Waals surface area contributed by atoms with Gasteiger partial charge in [-0.05, 0) is 17.7 Å². The fourth-order valence-electron chi connectivity index (χ4n) is 1.53. The summed E-state index contributed by atoms with van der Waals surface area (Å²) in [5, 5.41) is 4.95. The molecule has 0 atom stereocenters. The van der Waals surface area contributed by atoms with Gasteiger partial charge >= 0.3 is 12.2 Å². The lowest BCUT2D eigenvalue weighted by Gasteiger charge is -2.11. The zero-order chi connectivity index (χ0) is 15.9. The molecule has 4 nitrogen and oxygen atoms in total. The first-order valence-corrected chi connectivity index (χ1v) is 6.20. The molecule has 116 valence electrons. The molecule has 0 aliphatic heterocycles. The number of carbonyl (C=O) groups is 1. The Balaban J connectivity index is 2.48. The highest BCUT2D eigenvalue weighted by atomic mass is 19.4. The minimum Gasteiger partial charge on any atom is -0.384 e. The normalized spacial score (nSPS) is 11.0. The summed E-state index contributed by atoms with van der Waals surface area (Å²) >= 11 is 0. The molecule has 0 aliphatic carbocycles. The number of methoxy groups -OCH3 is 1.